The van der Waals surface area contributed by atoms with Crippen LogP contribution in [0.2, 0.25) is 0 Å². The van der Waals surface area contributed by atoms with Gasteiger partial charge in [0.2, 0.25) is 10.0 Å². The average molecular weight is 353 g/mol. The average Bonchev–Trinajstić information content (AvgIpc) is 3.11. The second-order valence-corrected chi connectivity index (χ2v) is 7.91. The lowest BCUT2D eigenvalue weighted by molar-refractivity contribution is -0.0307. The van der Waals surface area contributed by atoms with E-state index in [0.717, 1.165) is 18.5 Å². The van der Waals surface area contributed by atoms with Crippen molar-refractivity contribution in [2.45, 2.75) is 30.8 Å². The summed E-state index contributed by atoms with van der Waals surface area (Å²) < 4.78 is 37.0. The minimum Gasteiger partial charge on any atom is -0.372 e. The van der Waals surface area contributed by atoms with Gasteiger partial charge in [-0.1, -0.05) is 0 Å². The molecular weight excluding hydrogens is 330 g/mol. The SMILES string of the molecule is Cc1nn(C)cc1S(=O)(=O)NC[C@@H]1CCCO[C@H]1c1ccnn1C. The fraction of sp³-hybridized carbons (Fsp3) is 0.600. The molecule has 0 saturated carbocycles. The van der Waals surface area contributed by atoms with E-state index in [9.17, 15) is 8.42 Å². The minimum absolute atomic E-state index is 0.0703. The second-order valence-electron chi connectivity index (χ2n) is 6.18. The van der Waals surface area contributed by atoms with E-state index >= 15 is 0 Å². The van der Waals surface area contributed by atoms with Gasteiger partial charge in [0.25, 0.3) is 0 Å². The van der Waals surface area contributed by atoms with Crippen LogP contribution in [0.3, 0.4) is 0 Å². The lowest BCUT2D eigenvalue weighted by Crippen LogP contribution is -2.35. The Labute approximate surface area is 141 Å². The predicted octanol–water partition coefficient (Wildman–Crippen LogP) is 0.908. The maximum atomic E-state index is 12.5. The van der Waals surface area contributed by atoms with Crippen LogP contribution < -0.4 is 4.72 Å². The van der Waals surface area contributed by atoms with Gasteiger partial charge in [-0.25, -0.2) is 13.1 Å². The van der Waals surface area contributed by atoms with Crippen LogP contribution >= 0.6 is 0 Å². The molecule has 24 heavy (non-hydrogen) atoms. The summed E-state index contributed by atoms with van der Waals surface area (Å²) in [4.78, 5) is 0.221. The van der Waals surface area contributed by atoms with Gasteiger partial charge in [0.05, 0.1) is 11.4 Å². The highest BCUT2D eigenvalue weighted by molar-refractivity contribution is 7.89. The van der Waals surface area contributed by atoms with Gasteiger partial charge in [-0.3, -0.25) is 9.36 Å². The Morgan fingerprint density at radius 2 is 2.21 bits per heavy atom. The first-order chi connectivity index (χ1) is 11.4. The fourth-order valence-electron chi connectivity index (χ4n) is 3.18. The van der Waals surface area contributed by atoms with E-state index < -0.39 is 10.0 Å². The van der Waals surface area contributed by atoms with Gasteiger partial charge < -0.3 is 4.74 Å². The Balaban J connectivity index is 1.74. The van der Waals surface area contributed by atoms with Gasteiger partial charge in [-0.2, -0.15) is 10.2 Å². The van der Waals surface area contributed by atoms with E-state index in [1.807, 2.05) is 13.1 Å². The standard InChI is InChI=1S/C15H23N5O3S/c1-11-14(10-19(2)18-11)24(21,22)17-9-12-5-4-8-23-15(12)13-6-7-16-20(13)3/h6-7,10,12,15,17H,4-5,8-9H2,1-3H3/t12-,15+/m0/s1. The van der Waals surface area contributed by atoms with Gasteiger partial charge >= 0.3 is 0 Å². The van der Waals surface area contributed by atoms with E-state index in [1.54, 1.807) is 24.9 Å². The summed E-state index contributed by atoms with van der Waals surface area (Å²) in [5.74, 6) is 0.0703. The van der Waals surface area contributed by atoms with Crippen molar-refractivity contribution < 1.29 is 13.2 Å². The number of sulfonamides is 1. The summed E-state index contributed by atoms with van der Waals surface area (Å²) in [6.07, 6.45) is 4.93. The van der Waals surface area contributed by atoms with Crippen molar-refractivity contribution >= 4 is 10.0 Å². The molecule has 0 aromatic carbocycles. The highest BCUT2D eigenvalue weighted by atomic mass is 32.2. The quantitative estimate of drug-likeness (QED) is 0.863. The smallest absolute Gasteiger partial charge is 0.243 e. The van der Waals surface area contributed by atoms with E-state index in [0.29, 0.717) is 18.8 Å². The third-order valence-electron chi connectivity index (χ3n) is 4.39. The number of hydrogen-bond donors (Lipinski definition) is 1. The van der Waals surface area contributed by atoms with Crippen LogP contribution in [0.15, 0.2) is 23.4 Å². The Morgan fingerprint density at radius 1 is 1.42 bits per heavy atom. The van der Waals surface area contributed by atoms with Crippen molar-refractivity contribution in [1.29, 1.82) is 0 Å². The van der Waals surface area contributed by atoms with Crippen molar-refractivity contribution in [3.63, 3.8) is 0 Å². The molecule has 8 nitrogen and oxygen atoms in total. The van der Waals surface area contributed by atoms with Gasteiger partial charge in [0.15, 0.2) is 0 Å². The van der Waals surface area contributed by atoms with Crippen LogP contribution in [0.4, 0.5) is 0 Å². The molecule has 1 N–H and O–H groups in total. The van der Waals surface area contributed by atoms with Gasteiger partial charge in [-0.05, 0) is 25.8 Å². The molecule has 9 heteroatoms. The molecule has 2 aromatic heterocycles. The van der Waals surface area contributed by atoms with Crippen LogP contribution in [-0.2, 0) is 28.9 Å². The number of aryl methyl sites for hydroxylation is 3. The van der Waals surface area contributed by atoms with Crippen molar-refractivity contribution in [2.24, 2.45) is 20.0 Å². The molecule has 2 atom stereocenters. The van der Waals surface area contributed by atoms with Gasteiger partial charge in [0, 0.05) is 45.6 Å². The molecule has 0 radical (unpaired) electrons. The zero-order valence-corrected chi connectivity index (χ0v) is 15.0. The maximum Gasteiger partial charge on any atom is 0.243 e. The highest BCUT2D eigenvalue weighted by Gasteiger charge is 2.31. The molecular formula is C15H23N5O3S. The van der Waals surface area contributed by atoms with Crippen molar-refractivity contribution in [1.82, 2.24) is 24.3 Å². The van der Waals surface area contributed by atoms with Crippen LogP contribution in [-0.4, -0.2) is 41.1 Å². The predicted molar refractivity (Wildman–Crippen MR) is 87.8 cm³/mol. The molecule has 1 aliphatic heterocycles. The Bertz CT molecular complexity index is 811. The van der Waals surface area contributed by atoms with Crippen LogP contribution in [0.25, 0.3) is 0 Å². The molecule has 132 valence electrons. The molecule has 1 fully saturated rings. The number of hydrogen-bond acceptors (Lipinski definition) is 5. The van der Waals surface area contributed by atoms with Gasteiger partial charge in [-0.15, -0.1) is 0 Å². The van der Waals surface area contributed by atoms with Crippen LogP contribution in [0.1, 0.15) is 30.3 Å². The summed E-state index contributed by atoms with van der Waals surface area (Å²) in [5.41, 5.74) is 1.46. The zero-order chi connectivity index (χ0) is 17.3. The molecule has 1 aliphatic rings. The topological polar surface area (TPSA) is 91.0 Å². The molecule has 2 aromatic rings. The normalized spacial score (nSPS) is 22.0. The minimum atomic E-state index is -3.58. The zero-order valence-electron chi connectivity index (χ0n) is 14.1. The lowest BCUT2D eigenvalue weighted by Gasteiger charge is -2.31. The highest BCUT2D eigenvalue weighted by Crippen LogP contribution is 2.33. The van der Waals surface area contributed by atoms with Crippen molar-refractivity contribution in [3.8, 4) is 0 Å². The number of aromatic nitrogens is 4. The molecule has 0 unspecified atom stereocenters. The first-order valence-electron chi connectivity index (χ1n) is 7.98. The second kappa shape index (κ2) is 6.66. The molecule has 3 rings (SSSR count). The van der Waals surface area contributed by atoms with E-state index in [2.05, 4.69) is 14.9 Å². The van der Waals surface area contributed by atoms with Crippen molar-refractivity contribution in [2.75, 3.05) is 13.2 Å². The fourth-order valence-corrected chi connectivity index (χ4v) is 4.49. The number of rotatable bonds is 5. The number of ether oxygens (including phenoxy) is 1. The molecule has 3 heterocycles. The molecule has 1 saturated heterocycles. The monoisotopic (exact) mass is 353 g/mol. The van der Waals surface area contributed by atoms with E-state index in [1.165, 1.54) is 10.9 Å². The van der Waals surface area contributed by atoms with Crippen LogP contribution in [0, 0.1) is 12.8 Å². The molecule has 0 amide bonds. The molecule has 0 bridgehead atoms. The number of nitrogens with zero attached hydrogens (tertiary/aromatic N) is 4. The van der Waals surface area contributed by atoms with E-state index in [-0.39, 0.29) is 16.9 Å². The van der Waals surface area contributed by atoms with Crippen molar-refractivity contribution in [3.05, 3.63) is 29.8 Å². The largest absolute Gasteiger partial charge is 0.372 e. The first kappa shape index (κ1) is 17.1. The third kappa shape index (κ3) is 3.38. The summed E-state index contributed by atoms with van der Waals surface area (Å²) >= 11 is 0. The Hall–Kier alpha value is -1.71. The molecule has 0 aliphatic carbocycles. The summed E-state index contributed by atoms with van der Waals surface area (Å²) in [6.45, 7) is 2.70. The summed E-state index contributed by atoms with van der Waals surface area (Å²) in [7, 11) is -0.00683. The maximum absolute atomic E-state index is 12.5. The Morgan fingerprint density at radius 3 is 2.83 bits per heavy atom. The van der Waals surface area contributed by atoms with Crippen LogP contribution in [0.5, 0.6) is 0 Å². The molecule has 0 spiro atoms. The lowest BCUT2D eigenvalue weighted by atomic mass is 9.92. The first-order valence-corrected chi connectivity index (χ1v) is 9.46. The Kier molecular flexibility index (Phi) is 4.75. The number of nitrogens with one attached hydrogen (secondary N) is 1. The third-order valence-corrected chi connectivity index (χ3v) is 5.92. The van der Waals surface area contributed by atoms with E-state index in [4.69, 9.17) is 4.74 Å². The summed E-state index contributed by atoms with van der Waals surface area (Å²) in [5, 5.41) is 8.28. The van der Waals surface area contributed by atoms with Gasteiger partial charge in [0.1, 0.15) is 11.0 Å². The summed E-state index contributed by atoms with van der Waals surface area (Å²) in [6, 6.07) is 1.92.